The van der Waals surface area contributed by atoms with Crippen molar-refractivity contribution in [1.29, 1.82) is 5.26 Å². The van der Waals surface area contributed by atoms with Gasteiger partial charge < -0.3 is 15.2 Å². The highest BCUT2D eigenvalue weighted by Crippen LogP contribution is 2.28. The van der Waals surface area contributed by atoms with Gasteiger partial charge in [0.05, 0.1) is 17.2 Å². The molecule has 0 amide bonds. The normalized spacial score (nSPS) is 15.9. The molecule has 8 nitrogen and oxygen atoms in total. The highest BCUT2D eigenvalue weighted by molar-refractivity contribution is 7.91. The smallest absolute Gasteiger partial charge is 0.182 e. The van der Waals surface area contributed by atoms with Crippen molar-refractivity contribution < 1.29 is 4.55 Å². The minimum absolute atomic E-state index is 0.326. The van der Waals surface area contributed by atoms with E-state index in [2.05, 4.69) is 37.9 Å². The van der Waals surface area contributed by atoms with Crippen LogP contribution in [0.15, 0.2) is 62.0 Å². The number of rotatable bonds is 7. The molecule has 2 aromatic rings. The molecule has 2 N–H and O–H groups in total. The maximum absolute atomic E-state index is 13.6. The van der Waals surface area contributed by atoms with Gasteiger partial charge in [0, 0.05) is 42.6 Å². The van der Waals surface area contributed by atoms with Crippen LogP contribution in [0.1, 0.15) is 43.7 Å². The van der Waals surface area contributed by atoms with Gasteiger partial charge in [-0.15, -0.1) is 5.10 Å². The molecule has 2 heterocycles. The fourth-order valence-corrected chi connectivity index (χ4v) is 4.64. The zero-order valence-electron chi connectivity index (χ0n) is 18.2. The molecule has 1 atom stereocenters. The topological polar surface area (TPSA) is 127 Å². The van der Waals surface area contributed by atoms with E-state index >= 15 is 0 Å². The van der Waals surface area contributed by atoms with Crippen LogP contribution >= 0.6 is 0 Å². The molecule has 1 saturated heterocycles. The summed E-state index contributed by atoms with van der Waals surface area (Å²) in [7, 11) is 0. The zero-order valence-corrected chi connectivity index (χ0v) is 19.0. The van der Waals surface area contributed by atoms with E-state index in [4.69, 9.17) is 5.73 Å². The maximum Gasteiger partial charge on any atom is 0.182 e. The summed E-state index contributed by atoms with van der Waals surface area (Å²) >= 11 is -1.61. The fraction of sp³-hybridized carbons (Fsp3) is 0.348. The molecule has 0 radical (unpaired) electrons. The number of piperidine rings is 1. The molecule has 1 aliphatic rings. The van der Waals surface area contributed by atoms with Crippen molar-refractivity contribution in [1.82, 2.24) is 10.2 Å². The molecule has 1 aromatic carbocycles. The standard InChI is InChI=1S/C23H27N7OS/c1-17(8-9-24)15-27-23(26-2)20-7-6-18(14-25)12-21(20)32(31)19-13-22(29-28-16-19)30-10-4-3-5-11-30/h6-7,12-13,15-16H,2-5,8-11,24H2,1H3/b17-15+,27-23-. The van der Waals surface area contributed by atoms with E-state index in [9.17, 15) is 9.81 Å². The Labute approximate surface area is 191 Å². The van der Waals surface area contributed by atoms with E-state index in [0.717, 1.165) is 31.5 Å². The van der Waals surface area contributed by atoms with Crippen LogP contribution in [0.4, 0.5) is 5.82 Å². The second-order valence-electron chi connectivity index (χ2n) is 7.51. The molecule has 0 saturated carbocycles. The first-order valence-electron chi connectivity index (χ1n) is 10.5. The van der Waals surface area contributed by atoms with Crippen molar-refractivity contribution in [2.45, 2.75) is 42.4 Å². The van der Waals surface area contributed by atoms with Crippen LogP contribution in [-0.4, -0.2) is 46.9 Å². The summed E-state index contributed by atoms with van der Waals surface area (Å²) in [5.41, 5.74) is 7.53. The summed E-state index contributed by atoms with van der Waals surface area (Å²) < 4.78 is 13.6. The molecule has 9 heteroatoms. The summed E-state index contributed by atoms with van der Waals surface area (Å²) in [5, 5.41) is 17.7. The molecule has 0 aliphatic carbocycles. The Bertz CT molecular complexity index is 1050. The number of nitriles is 1. The SMILES string of the molecule is C=N/C(=N\C=C(/C)CCN)c1ccc(C#N)cc1[S+]([O-])c1cnnc(N2CCCCC2)c1. The third-order valence-corrected chi connectivity index (χ3v) is 6.55. The van der Waals surface area contributed by atoms with Crippen molar-refractivity contribution in [2.24, 2.45) is 15.7 Å². The van der Waals surface area contributed by atoms with Crippen LogP contribution in [0.3, 0.4) is 0 Å². The van der Waals surface area contributed by atoms with Gasteiger partial charge in [0.1, 0.15) is 6.20 Å². The molecule has 0 spiro atoms. The number of aliphatic imine (C=N–C) groups is 2. The van der Waals surface area contributed by atoms with Crippen molar-refractivity contribution >= 4 is 29.5 Å². The summed E-state index contributed by atoms with van der Waals surface area (Å²) in [6.45, 7) is 7.89. The first-order chi connectivity index (χ1) is 15.6. The molecule has 1 aliphatic heterocycles. The maximum atomic E-state index is 13.6. The van der Waals surface area contributed by atoms with Crippen molar-refractivity contribution in [2.75, 3.05) is 24.5 Å². The van der Waals surface area contributed by atoms with Crippen LogP contribution in [0.2, 0.25) is 0 Å². The predicted octanol–water partition coefficient (Wildman–Crippen LogP) is 3.21. The van der Waals surface area contributed by atoms with E-state index in [1.165, 1.54) is 12.6 Å². The third-order valence-electron chi connectivity index (χ3n) is 5.16. The quantitative estimate of drug-likeness (QED) is 0.393. The van der Waals surface area contributed by atoms with Gasteiger partial charge in [-0.25, -0.2) is 9.98 Å². The van der Waals surface area contributed by atoms with Gasteiger partial charge in [0.25, 0.3) is 0 Å². The number of anilines is 1. The Morgan fingerprint density at radius 3 is 2.81 bits per heavy atom. The molecule has 32 heavy (non-hydrogen) atoms. The van der Waals surface area contributed by atoms with Gasteiger partial charge in [-0.05, 0) is 58.0 Å². The lowest BCUT2D eigenvalue weighted by molar-refractivity contribution is 0.569. The molecule has 1 aromatic heterocycles. The van der Waals surface area contributed by atoms with E-state index in [1.807, 2.05) is 6.92 Å². The summed E-state index contributed by atoms with van der Waals surface area (Å²) in [4.78, 5) is 11.6. The summed E-state index contributed by atoms with van der Waals surface area (Å²) in [6.07, 6.45) is 7.30. The Hall–Kier alpha value is -3.06. The average Bonchev–Trinajstić information content (AvgIpc) is 2.85. The molecule has 3 rings (SSSR count). The van der Waals surface area contributed by atoms with Gasteiger partial charge >= 0.3 is 0 Å². The lowest BCUT2D eigenvalue weighted by Gasteiger charge is -2.27. The van der Waals surface area contributed by atoms with Crippen LogP contribution in [-0.2, 0) is 11.2 Å². The first kappa shape index (κ1) is 23.6. The van der Waals surface area contributed by atoms with E-state index in [-0.39, 0.29) is 0 Å². The zero-order chi connectivity index (χ0) is 22.9. The fourth-order valence-electron chi connectivity index (χ4n) is 3.43. The second-order valence-corrected chi connectivity index (χ2v) is 8.96. The van der Waals surface area contributed by atoms with Crippen molar-refractivity contribution in [3.8, 4) is 6.07 Å². The van der Waals surface area contributed by atoms with Gasteiger partial charge in [-0.3, -0.25) is 0 Å². The van der Waals surface area contributed by atoms with Crippen LogP contribution < -0.4 is 10.6 Å². The monoisotopic (exact) mass is 449 g/mol. The number of nitrogens with two attached hydrogens (primary N) is 1. The van der Waals surface area contributed by atoms with E-state index in [0.29, 0.717) is 45.5 Å². The molecule has 166 valence electrons. The minimum atomic E-state index is -1.61. The highest BCUT2D eigenvalue weighted by atomic mass is 32.2. The Morgan fingerprint density at radius 2 is 2.12 bits per heavy atom. The average molecular weight is 450 g/mol. The number of nitrogens with zero attached hydrogens (tertiary/aromatic N) is 6. The van der Waals surface area contributed by atoms with Gasteiger partial charge in [-0.2, -0.15) is 10.4 Å². The van der Waals surface area contributed by atoms with Crippen LogP contribution in [0.25, 0.3) is 0 Å². The van der Waals surface area contributed by atoms with Crippen LogP contribution in [0.5, 0.6) is 0 Å². The summed E-state index contributed by atoms with van der Waals surface area (Å²) in [6, 6.07) is 8.86. The van der Waals surface area contributed by atoms with E-state index in [1.54, 1.807) is 30.5 Å². The molecular weight excluding hydrogens is 422 g/mol. The third kappa shape index (κ3) is 5.79. The van der Waals surface area contributed by atoms with Crippen LogP contribution in [0, 0.1) is 11.3 Å². The largest absolute Gasteiger partial charge is 0.606 e. The lowest BCUT2D eigenvalue weighted by atomic mass is 10.1. The van der Waals surface area contributed by atoms with E-state index < -0.39 is 11.2 Å². The first-order valence-corrected chi connectivity index (χ1v) is 11.7. The predicted molar refractivity (Wildman–Crippen MR) is 127 cm³/mol. The lowest BCUT2D eigenvalue weighted by Crippen LogP contribution is -2.30. The Balaban J connectivity index is 2.01. The second kappa shape index (κ2) is 11.5. The van der Waals surface area contributed by atoms with Crippen molar-refractivity contribution in [3.63, 3.8) is 0 Å². The molecule has 0 bridgehead atoms. The number of hydrogen-bond donors (Lipinski definition) is 1. The number of aromatic nitrogens is 2. The molecule has 1 fully saturated rings. The number of amidine groups is 1. The molecule has 1 unspecified atom stereocenters. The van der Waals surface area contributed by atoms with Crippen molar-refractivity contribution in [3.05, 3.63) is 53.4 Å². The molecular formula is C23H27N7OS. The number of hydrogen-bond acceptors (Lipinski definition) is 7. The highest BCUT2D eigenvalue weighted by Gasteiger charge is 2.25. The van der Waals surface area contributed by atoms with Gasteiger partial charge in [0.2, 0.25) is 0 Å². The Kier molecular flexibility index (Phi) is 8.50. The Morgan fingerprint density at radius 1 is 1.34 bits per heavy atom. The number of benzene rings is 1. The summed E-state index contributed by atoms with van der Waals surface area (Å²) in [5.74, 6) is 1.04. The van der Waals surface area contributed by atoms with Gasteiger partial charge in [0.15, 0.2) is 21.4 Å². The minimum Gasteiger partial charge on any atom is -0.606 e. The van der Waals surface area contributed by atoms with Gasteiger partial charge in [-0.1, -0.05) is 5.57 Å².